The molecule has 2 aromatic rings. The minimum absolute atomic E-state index is 0.195. The Labute approximate surface area is 114 Å². The number of aromatic amines is 1. The fraction of sp³-hybridized carbons (Fsp3) is 0.250. The Morgan fingerprint density at radius 2 is 2.16 bits per heavy atom. The molecule has 0 aliphatic carbocycles. The van der Waals surface area contributed by atoms with Gasteiger partial charge in [0.05, 0.1) is 5.52 Å². The van der Waals surface area contributed by atoms with Crippen LogP contribution in [0.4, 0.5) is 0 Å². The van der Waals surface area contributed by atoms with Crippen molar-refractivity contribution in [1.29, 1.82) is 0 Å². The van der Waals surface area contributed by atoms with Gasteiger partial charge in [-0.05, 0) is 18.2 Å². The number of H-pyrrole nitrogens is 1. The molecule has 1 aromatic carbocycles. The largest absolute Gasteiger partial charge is 0.480 e. The number of para-hydroxylation sites is 1. The number of aromatic nitrogens is 2. The van der Waals surface area contributed by atoms with Gasteiger partial charge in [0.25, 0.3) is 5.91 Å². The fourth-order valence-corrected chi connectivity index (χ4v) is 2.01. The predicted octanol–water partition coefficient (Wildman–Crippen LogP) is 1.07. The normalized spacial score (nSPS) is 12.3. The van der Waals surface area contributed by atoms with Crippen LogP contribution in [-0.4, -0.2) is 39.0 Å². The number of aliphatic carboxylic acids is 1. The van der Waals surface area contributed by atoms with Crippen LogP contribution in [0.3, 0.4) is 0 Å². The first-order chi connectivity index (χ1) is 9.13. The number of fused-ring (bicyclic) bond motifs is 1. The second-order valence-electron chi connectivity index (χ2n) is 3.99. The second kappa shape index (κ2) is 5.75. The highest BCUT2D eigenvalue weighted by molar-refractivity contribution is 7.80. The zero-order chi connectivity index (χ0) is 13.8. The molecule has 0 bridgehead atoms. The highest BCUT2D eigenvalue weighted by Gasteiger charge is 2.22. The molecule has 100 valence electrons. The first-order valence-corrected chi connectivity index (χ1v) is 6.34. The van der Waals surface area contributed by atoms with Crippen LogP contribution in [-0.2, 0) is 4.79 Å². The number of nitrogens with one attached hydrogen (secondary N) is 2. The third kappa shape index (κ3) is 2.87. The summed E-state index contributed by atoms with van der Waals surface area (Å²) in [6.07, 6.45) is 0.256. The monoisotopic (exact) mass is 279 g/mol. The van der Waals surface area contributed by atoms with Crippen LogP contribution < -0.4 is 5.32 Å². The predicted molar refractivity (Wildman–Crippen MR) is 73.5 cm³/mol. The Kier molecular flexibility index (Phi) is 4.06. The maximum Gasteiger partial charge on any atom is 0.326 e. The van der Waals surface area contributed by atoms with Crippen molar-refractivity contribution in [3.05, 3.63) is 30.0 Å². The van der Waals surface area contributed by atoms with E-state index in [9.17, 15) is 9.59 Å². The van der Waals surface area contributed by atoms with Crippen molar-refractivity contribution in [2.75, 3.05) is 5.75 Å². The Hall–Kier alpha value is -2.02. The molecule has 1 atom stereocenters. The van der Waals surface area contributed by atoms with E-state index in [1.54, 1.807) is 18.2 Å². The van der Waals surface area contributed by atoms with Crippen molar-refractivity contribution in [3.8, 4) is 0 Å². The lowest BCUT2D eigenvalue weighted by atomic mass is 10.2. The van der Waals surface area contributed by atoms with Crippen LogP contribution >= 0.6 is 12.6 Å². The zero-order valence-corrected chi connectivity index (χ0v) is 10.9. The van der Waals surface area contributed by atoms with Crippen molar-refractivity contribution in [2.24, 2.45) is 0 Å². The summed E-state index contributed by atoms with van der Waals surface area (Å²) in [5, 5.41) is 18.7. The van der Waals surface area contributed by atoms with Gasteiger partial charge in [-0.15, -0.1) is 0 Å². The van der Waals surface area contributed by atoms with E-state index >= 15 is 0 Å². The van der Waals surface area contributed by atoms with Crippen LogP contribution in [0.25, 0.3) is 10.9 Å². The third-order valence-electron chi connectivity index (χ3n) is 2.71. The number of carbonyl (C=O) groups excluding carboxylic acids is 1. The van der Waals surface area contributed by atoms with E-state index < -0.39 is 17.9 Å². The summed E-state index contributed by atoms with van der Waals surface area (Å²) in [7, 11) is 0. The molecule has 0 saturated heterocycles. The lowest BCUT2D eigenvalue weighted by Crippen LogP contribution is -2.41. The van der Waals surface area contributed by atoms with Crippen LogP contribution in [0, 0.1) is 0 Å². The SMILES string of the molecule is O=C(NC(CCS)C(=O)O)c1n[nH]c2ccccc12. The van der Waals surface area contributed by atoms with Crippen LogP contribution in [0.2, 0.25) is 0 Å². The Morgan fingerprint density at radius 3 is 2.84 bits per heavy atom. The lowest BCUT2D eigenvalue weighted by Gasteiger charge is -2.12. The number of rotatable bonds is 5. The van der Waals surface area contributed by atoms with Crippen LogP contribution in [0.15, 0.2) is 24.3 Å². The molecule has 7 heteroatoms. The van der Waals surface area contributed by atoms with E-state index in [0.29, 0.717) is 11.1 Å². The standard InChI is InChI=1S/C12H13N3O3S/c16-11(13-9(5-6-19)12(17)18)10-7-3-1-2-4-8(7)14-15-10/h1-4,9,19H,5-6H2,(H,13,16)(H,14,15)(H,17,18). The minimum atomic E-state index is -1.08. The van der Waals surface area contributed by atoms with Gasteiger partial charge >= 0.3 is 5.97 Å². The topological polar surface area (TPSA) is 95.1 Å². The number of benzene rings is 1. The first kappa shape index (κ1) is 13.4. The molecule has 1 amide bonds. The number of carboxylic acids is 1. The lowest BCUT2D eigenvalue weighted by molar-refractivity contribution is -0.139. The van der Waals surface area contributed by atoms with Gasteiger partial charge in [-0.25, -0.2) is 4.79 Å². The molecule has 0 spiro atoms. The molecule has 6 nitrogen and oxygen atoms in total. The van der Waals surface area contributed by atoms with Gasteiger partial charge in [0, 0.05) is 5.39 Å². The van der Waals surface area contributed by atoms with E-state index in [2.05, 4.69) is 28.1 Å². The molecule has 1 unspecified atom stereocenters. The molecule has 0 radical (unpaired) electrons. The molecule has 0 aliphatic rings. The maximum atomic E-state index is 12.0. The number of amides is 1. The van der Waals surface area contributed by atoms with Crippen molar-refractivity contribution in [1.82, 2.24) is 15.5 Å². The van der Waals surface area contributed by atoms with Crippen molar-refractivity contribution < 1.29 is 14.7 Å². The third-order valence-corrected chi connectivity index (χ3v) is 2.96. The number of hydrogen-bond acceptors (Lipinski definition) is 4. The molecule has 19 heavy (non-hydrogen) atoms. The van der Waals surface area contributed by atoms with Crippen LogP contribution in [0.5, 0.6) is 0 Å². The van der Waals surface area contributed by atoms with Gasteiger partial charge in [-0.2, -0.15) is 17.7 Å². The van der Waals surface area contributed by atoms with E-state index in [4.69, 9.17) is 5.11 Å². The Balaban J connectivity index is 2.22. The molecule has 1 heterocycles. The van der Waals surface area contributed by atoms with Gasteiger partial charge in [0.15, 0.2) is 5.69 Å². The minimum Gasteiger partial charge on any atom is -0.480 e. The molecule has 0 aliphatic heterocycles. The molecule has 3 N–H and O–H groups in total. The summed E-state index contributed by atoms with van der Waals surface area (Å²) < 4.78 is 0. The first-order valence-electron chi connectivity index (χ1n) is 5.71. The molecule has 2 rings (SSSR count). The van der Waals surface area contributed by atoms with Gasteiger partial charge in [0.2, 0.25) is 0 Å². The van der Waals surface area contributed by atoms with E-state index in [1.165, 1.54) is 0 Å². The Morgan fingerprint density at radius 1 is 1.42 bits per heavy atom. The van der Waals surface area contributed by atoms with E-state index in [0.717, 1.165) is 5.52 Å². The molecular weight excluding hydrogens is 266 g/mol. The summed E-state index contributed by atoms with van der Waals surface area (Å²) in [5.41, 5.74) is 0.926. The van der Waals surface area contributed by atoms with Crippen LogP contribution in [0.1, 0.15) is 16.9 Å². The number of carboxylic acid groups (broad SMARTS) is 1. The summed E-state index contributed by atoms with van der Waals surface area (Å²) in [6, 6.07) is 6.20. The zero-order valence-electron chi connectivity index (χ0n) is 9.96. The summed E-state index contributed by atoms with van der Waals surface area (Å²) >= 11 is 3.97. The van der Waals surface area contributed by atoms with Gasteiger partial charge < -0.3 is 10.4 Å². The summed E-state index contributed by atoms with van der Waals surface area (Å²) in [5.74, 6) is -1.22. The Bertz CT molecular complexity index is 611. The molecule has 1 aromatic heterocycles. The smallest absolute Gasteiger partial charge is 0.326 e. The van der Waals surface area contributed by atoms with Gasteiger partial charge in [-0.3, -0.25) is 9.89 Å². The second-order valence-corrected chi connectivity index (χ2v) is 4.44. The average Bonchev–Trinajstić information content (AvgIpc) is 2.81. The number of thiol groups is 1. The van der Waals surface area contributed by atoms with Crippen molar-refractivity contribution in [3.63, 3.8) is 0 Å². The molecular formula is C12H13N3O3S. The number of carbonyl (C=O) groups is 2. The highest BCUT2D eigenvalue weighted by Crippen LogP contribution is 2.15. The number of nitrogens with zero attached hydrogens (tertiary/aromatic N) is 1. The molecule has 0 saturated carbocycles. The quantitative estimate of drug-likeness (QED) is 0.616. The van der Waals surface area contributed by atoms with Crippen molar-refractivity contribution >= 4 is 35.4 Å². The highest BCUT2D eigenvalue weighted by atomic mass is 32.1. The van der Waals surface area contributed by atoms with Crippen molar-refractivity contribution in [2.45, 2.75) is 12.5 Å². The fourth-order valence-electron chi connectivity index (χ4n) is 1.75. The maximum absolute atomic E-state index is 12.0. The van der Waals surface area contributed by atoms with E-state index in [1.807, 2.05) is 6.07 Å². The van der Waals surface area contributed by atoms with Gasteiger partial charge in [0.1, 0.15) is 6.04 Å². The molecule has 0 fully saturated rings. The van der Waals surface area contributed by atoms with E-state index in [-0.39, 0.29) is 12.1 Å². The summed E-state index contributed by atoms with van der Waals surface area (Å²) in [6.45, 7) is 0. The average molecular weight is 279 g/mol. The number of hydrogen-bond donors (Lipinski definition) is 4. The summed E-state index contributed by atoms with van der Waals surface area (Å²) in [4.78, 5) is 23.0. The van der Waals surface area contributed by atoms with Gasteiger partial charge in [-0.1, -0.05) is 18.2 Å².